The molecular weight excluding hydrogens is 400 g/mol. The molecule has 1 saturated heterocycles. The fourth-order valence-corrected chi connectivity index (χ4v) is 4.25. The average molecular weight is 431 g/mol. The first kappa shape index (κ1) is 22.0. The fraction of sp³-hybridized carbons (Fsp3) is 0.346. The van der Waals surface area contributed by atoms with E-state index >= 15 is 0 Å². The number of likely N-dealkylation sites (tertiary alicyclic amines) is 1. The van der Waals surface area contributed by atoms with E-state index in [2.05, 4.69) is 32.3 Å². The number of ether oxygens (including phenoxy) is 1. The SMILES string of the molecule is CC(=O)NC(c1ccccn1)C1CCN(Cc2ccc(OCc3ccccn3)cc2)CC1. The van der Waals surface area contributed by atoms with E-state index in [-0.39, 0.29) is 11.9 Å². The number of carbonyl (C=O) groups excluding carboxylic acids is 1. The molecule has 0 saturated carbocycles. The summed E-state index contributed by atoms with van der Waals surface area (Å²) in [6, 6.07) is 20.0. The number of rotatable bonds is 8. The molecule has 0 aliphatic carbocycles. The average Bonchev–Trinajstić information content (AvgIpc) is 2.84. The second kappa shape index (κ2) is 10.9. The minimum Gasteiger partial charge on any atom is -0.487 e. The number of nitrogens with one attached hydrogen (secondary N) is 1. The van der Waals surface area contributed by atoms with Crippen molar-refractivity contribution in [3.63, 3.8) is 0 Å². The van der Waals surface area contributed by atoms with Crippen LogP contribution in [-0.2, 0) is 17.9 Å². The number of nitrogens with zero attached hydrogens (tertiary/aromatic N) is 3. The van der Waals surface area contributed by atoms with E-state index in [1.807, 2.05) is 48.5 Å². The second-order valence-corrected chi connectivity index (χ2v) is 8.30. The number of aromatic nitrogens is 2. The summed E-state index contributed by atoms with van der Waals surface area (Å²) in [7, 11) is 0. The van der Waals surface area contributed by atoms with Gasteiger partial charge in [0.2, 0.25) is 5.91 Å². The first-order valence-electron chi connectivity index (χ1n) is 11.2. The van der Waals surface area contributed by atoms with Crippen LogP contribution in [0, 0.1) is 5.92 Å². The lowest BCUT2D eigenvalue weighted by Gasteiger charge is -2.36. The Hall–Kier alpha value is -3.25. The number of benzene rings is 1. The largest absolute Gasteiger partial charge is 0.487 e. The molecule has 1 unspecified atom stereocenters. The van der Waals surface area contributed by atoms with Crippen LogP contribution >= 0.6 is 0 Å². The van der Waals surface area contributed by atoms with Crippen LogP contribution in [0.4, 0.5) is 0 Å². The van der Waals surface area contributed by atoms with E-state index in [1.54, 1.807) is 19.3 Å². The molecule has 0 spiro atoms. The van der Waals surface area contributed by atoms with E-state index in [0.29, 0.717) is 12.5 Å². The highest BCUT2D eigenvalue weighted by Gasteiger charge is 2.29. The lowest BCUT2D eigenvalue weighted by molar-refractivity contribution is -0.120. The summed E-state index contributed by atoms with van der Waals surface area (Å²) < 4.78 is 5.83. The maximum atomic E-state index is 11.8. The van der Waals surface area contributed by atoms with Gasteiger partial charge in [0, 0.05) is 25.9 Å². The van der Waals surface area contributed by atoms with E-state index in [0.717, 1.165) is 49.6 Å². The van der Waals surface area contributed by atoms with Crippen LogP contribution in [0.5, 0.6) is 5.75 Å². The van der Waals surface area contributed by atoms with Crippen molar-refractivity contribution in [1.82, 2.24) is 20.2 Å². The maximum absolute atomic E-state index is 11.8. The van der Waals surface area contributed by atoms with Crippen molar-refractivity contribution in [2.75, 3.05) is 13.1 Å². The standard InChI is InChI=1S/C26H30N4O2/c1-20(31)29-26(25-7-3-5-15-28-25)22-12-16-30(17-13-22)18-21-8-10-24(11-9-21)32-19-23-6-2-4-14-27-23/h2-11,14-15,22,26H,12-13,16-19H2,1H3,(H,29,31). The van der Waals surface area contributed by atoms with Crippen LogP contribution in [0.25, 0.3) is 0 Å². The molecule has 0 bridgehead atoms. The fourth-order valence-electron chi connectivity index (χ4n) is 4.25. The van der Waals surface area contributed by atoms with E-state index in [4.69, 9.17) is 4.74 Å². The summed E-state index contributed by atoms with van der Waals surface area (Å²) in [5.41, 5.74) is 3.14. The summed E-state index contributed by atoms with van der Waals surface area (Å²) in [4.78, 5) is 23.0. The molecule has 1 fully saturated rings. The van der Waals surface area contributed by atoms with Crippen molar-refractivity contribution in [3.8, 4) is 5.75 Å². The molecule has 0 radical (unpaired) electrons. The number of pyridine rings is 2. The Bertz CT molecular complexity index is 972. The van der Waals surface area contributed by atoms with Gasteiger partial charge in [0.25, 0.3) is 0 Å². The van der Waals surface area contributed by atoms with Crippen molar-refractivity contribution in [2.24, 2.45) is 5.92 Å². The van der Waals surface area contributed by atoms with Crippen LogP contribution < -0.4 is 10.1 Å². The van der Waals surface area contributed by atoms with E-state index in [1.165, 1.54) is 5.56 Å². The number of hydrogen-bond donors (Lipinski definition) is 1. The summed E-state index contributed by atoms with van der Waals surface area (Å²) in [6.07, 6.45) is 5.64. The topological polar surface area (TPSA) is 67.4 Å². The van der Waals surface area contributed by atoms with Gasteiger partial charge in [0.15, 0.2) is 0 Å². The van der Waals surface area contributed by atoms with Crippen LogP contribution in [0.2, 0.25) is 0 Å². The monoisotopic (exact) mass is 430 g/mol. The van der Waals surface area contributed by atoms with Crippen LogP contribution in [-0.4, -0.2) is 33.9 Å². The number of hydrogen-bond acceptors (Lipinski definition) is 5. The molecule has 32 heavy (non-hydrogen) atoms. The zero-order valence-electron chi connectivity index (χ0n) is 18.5. The molecule has 1 aliphatic heterocycles. The van der Waals surface area contributed by atoms with Gasteiger partial charge in [-0.05, 0) is 73.8 Å². The molecule has 2 aromatic heterocycles. The Morgan fingerprint density at radius 3 is 2.38 bits per heavy atom. The van der Waals surface area contributed by atoms with Crippen molar-refractivity contribution in [2.45, 2.75) is 39.0 Å². The molecule has 1 amide bonds. The van der Waals surface area contributed by atoms with Crippen LogP contribution in [0.15, 0.2) is 73.1 Å². The molecule has 166 valence electrons. The van der Waals surface area contributed by atoms with E-state index < -0.39 is 0 Å². The van der Waals surface area contributed by atoms with E-state index in [9.17, 15) is 4.79 Å². The molecule has 1 aliphatic rings. The first-order chi connectivity index (χ1) is 15.7. The number of carbonyl (C=O) groups is 1. The minimum absolute atomic E-state index is 0.00608. The van der Waals surface area contributed by atoms with Gasteiger partial charge in [-0.1, -0.05) is 24.3 Å². The molecule has 6 heteroatoms. The molecule has 3 aromatic rings. The Labute approximate surface area is 189 Å². The lowest BCUT2D eigenvalue weighted by atomic mass is 9.87. The first-order valence-corrected chi connectivity index (χ1v) is 11.2. The summed E-state index contributed by atoms with van der Waals surface area (Å²) in [5.74, 6) is 1.24. The van der Waals surface area contributed by atoms with Gasteiger partial charge in [-0.15, -0.1) is 0 Å². The second-order valence-electron chi connectivity index (χ2n) is 8.30. The minimum atomic E-state index is -0.0219. The van der Waals surface area contributed by atoms with Gasteiger partial charge in [-0.2, -0.15) is 0 Å². The predicted octanol–water partition coefficient (Wildman–Crippen LogP) is 4.15. The van der Waals surface area contributed by atoms with Crippen molar-refractivity contribution < 1.29 is 9.53 Å². The third-order valence-electron chi connectivity index (χ3n) is 5.91. The van der Waals surface area contributed by atoms with Gasteiger partial charge >= 0.3 is 0 Å². The Balaban J connectivity index is 1.28. The smallest absolute Gasteiger partial charge is 0.217 e. The zero-order chi connectivity index (χ0) is 22.2. The highest BCUT2D eigenvalue weighted by molar-refractivity contribution is 5.73. The van der Waals surface area contributed by atoms with Gasteiger partial charge in [0.1, 0.15) is 12.4 Å². The highest BCUT2D eigenvalue weighted by atomic mass is 16.5. The van der Waals surface area contributed by atoms with Gasteiger partial charge < -0.3 is 10.1 Å². The summed E-state index contributed by atoms with van der Waals surface area (Å²) in [6.45, 7) is 4.98. The third-order valence-corrected chi connectivity index (χ3v) is 5.91. The molecule has 4 rings (SSSR count). The molecule has 1 aromatic carbocycles. The Kier molecular flexibility index (Phi) is 7.46. The lowest BCUT2D eigenvalue weighted by Crippen LogP contribution is -2.40. The maximum Gasteiger partial charge on any atom is 0.217 e. The van der Waals surface area contributed by atoms with Crippen molar-refractivity contribution in [3.05, 3.63) is 90.0 Å². The molecule has 6 nitrogen and oxygen atoms in total. The normalized spacial score (nSPS) is 15.8. The van der Waals surface area contributed by atoms with Crippen molar-refractivity contribution >= 4 is 5.91 Å². The van der Waals surface area contributed by atoms with Gasteiger partial charge in [0.05, 0.1) is 17.4 Å². The Morgan fingerprint density at radius 2 is 1.75 bits per heavy atom. The Morgan fingerprint density at radius 1 is 1.03 bits per heavy atom. The molecule has 3 heterocycles. The molecule has 1 N–H and O–H groups in total. The number of piperidine rings is 1. The van der Waals surface area contributed by atoms with Crippen molar-refractivity contribution in [1.29, 1.82) is 0 Å². The summed E-state index contributed by atoms with van der Waals surface area (Å²) >= 11 is 0. The predicted molar refractivity (Wildman–Crippen MR) is 124 cm³/mol. The molecule has 1 atom stereocenters. The molecular formula is C26H30N4O2. The van der Waals surface area contributed by atoms with Gasteiger partial charge in [-0.3, -0.25) is 19.7 Å². The van der Waals surface area contributed by atoms with Gasteiger partial charge in [-0.25, -0.2) is 0 Å². The van der Waals surface area contributed by atoms with Crippen LogP contribution in [0.3, 0.4) is 0 Å². The zero-order valence-corrected chi connectivity index (χ0v) is 18.5. The quantitative estimate of drug-likeness (QED) is 0.582. The third kappa shape index (κ3) is 6.14. The van der Waals surface area contributed by atoms with Crippen LogP contribution in [0.1, 0.15) is 42.8 Å². The number of amides is 1. The highest BCUT2D eigenvalue weighted by Crippen LogP contribution is 2.30. The summed E-state index contributed by atoms with van der Waals surface area (Å²) in [5, 5.41) is 3.12.